The normalized spacial score (nSPS) is 10.9. The van der Waals surface area contributed by atoms with Gasteiger partial charge in [-0.2, -0.15) is 14.5 Å². The Morgan fingerprint density at radius 2 is 2.00 bits per heavy atom. The van der Waals surface area contributed by atoms with Gasteiger partial charge in [0.1, 0.15) is 12.4 Å². The average Bonchev–Trinajstić information content (AvgIpc) is 3.32. The van der Waals surface area contributed by atoms with E-state index in [1.807, 2.05) is 19.2 Å². The Labute approximate surface area is 170 Å². The van der Waals surface area contributed by atoms with Gasteiger partial charge in [-0.3, -0.25) is 0 Å². The number of methoxy groups -OCH3 is 1. The van der Waals surface area contributed by atoms with Crippen molar-refractivity contribution in [3.05, 3.63) is 76.2 Å². The number of aryl methyl sites for hydroxylation is 2. The van der Waals surface area contributed by atoms with E-state index in [4.69, 9.17) is 9.47 Å². The lowest BCUT2D eigenvalue weighted by atomic mass is 10.1. The lowest BCUT2D eigenvalue weighted by Crippen LogP contribution is -2.31. The predicted molar refractivity (Wildman–Crippen MR) is 105 cm³/mol. The first-order valence-electron chi connectivity index (χ1n) is 9.13. The monoisotopic (exact) mass is 411 g/mol. The van der Waals surface area contributed by atoms with E-state index in [9.17, 15) is 9.18 Å². The Morgan fingerprint density at radius 1 is 1.17 bits per heavy atom. The first-order chi connectivity index (χ1) is 14.5. The number of aromatic nitrogens is 6. The Morgan fingerprint density at radius 3 is 2.63 bits per heavy atom. The molecule has 0 aliphatic heterocycles. The summed E-state index contributed by atoms with van der Waals surface area (Å²) in [5.74, 6) is 0.0471. The molecule has 154 valence electrons. The summed E-state index contributed by atoms with van der Waals surface area (Å²) in [5, 5.41) is 10.7. The van der Waals surface area contributed by atoms with Crippen LogP contribution in [0.5, 0.6) is 11.5 Å². The molecule has 2 heterocycles. The molecule has 2 aromatic carbocycles. The number of hydrogen-bond donors (Lipinski definition) is 1. The molecule has 30 heavy (non-hydrogen) atoms. The second kappa shape index (κ2) is 7.82. The molecule has 0 amide bonds. The van der Waals surface area contributed by atoms with Crippen LogP contribution in [-0.2, 0) is 13.7 Å². The third kappa shape index (κ3) is 3.54. The van der Waals surface area contributed by atoms with Crippen LogP contribution in [0.1, 0.15) is 11.3 Å². The van der Waals surface area contributed by atoms with Gasteiger partial charge < -0.3 is 9.47 Å². The van der Waals surface area contributed by atoms with Crippen molar-refractivity contribution in [1.82, 2.24) is 24.9 Å². The van der Waals surface area contributed by atoms with Crippen LogP contribution in [0.3, 0.4) is 0 Å². The van der Waals surface area contributed by atoms with Crippen LogP contribution in [0.15, 0.2) is 53.5 Å². The summed E-state index contributed by atoms with van der Waals surface area (Å²) in [6, 6.07) is 11.7. The molecule has 0 bridgehead atoms. The molecule has 9 nitrogen and oxygen atoms in total. The molecule has 0 aliphatic carbocycles. The molecule has 4 aromatic rings. The van der Waals surface area contributed by atoms with E-state index < -0.39 is 11.5 Å². The Bertz CT molecular complexity index is 1260. The van der Waals surface area contributed by atoms with Crippen LogP contribution in [0, 0.1) is 12.7 Å². The molecular weight excluding hydrogens is 391 g/mol. The van der Waals surface area contributed by atoms with Gasteiger partial charge in [-0.05, 0) is 35.5 Å². The van der Waals surface area contributed by atoms with Gasteiger partial charge in [0, 0.05) is 19.2 Å². The third-order valence-electron chi connectivity index (χ3n) is 4.61. The smallest absolute Gasteiger partial charge is 0.368 e. The maximum absolute atomic E-state index is 14.7. The Hall–Kier alpha value is -3.95. The molecule has 0 spiro atoms. The molecule has 0 saturated carbocycles. The van der Waals surface area contributed by atoms with Gasteiger partial charge >= 0.3 is 5.69 Å². The lowest BCUT2D eigenvalue weighted by molar-refractivity contribution is -0.655. The van der Waals surface area contributed by atoms with Crippen LogP contribution in [-0.4, -0.2) is 32.0 Å². The molecule has 4 rings (SSSR count). The zero-order valence-corrected chi connectivity index (χ0v) is 16.7. The molecule has 10 heteroatoms. The minimum Gasteiger partial charge on any atom is -0.496 e. The van der Waals surface area contributed by atoms with Gasteiger partial charge in [0.15, 0.2) is 11.6 Å². The number of hydrogen-bond acceptors (Lipinski definition) is 5. The predicted octanol–water partition coefficient (Wildman–Crippen LogP) is 1.61. The number of nitrogens with one attached hydrogen (secondary N) is 1. The van der Waals surface area contributed by atoms with Gasteiger partial charge in [0.25, 0.3) is 0 Å². The first-order valence-corrected chi connectivity index (χ1v) is 9.13. The fourth-order valence-electron chi connectivity index (χ4n) is 3.06. The van der Waals surface area contributed by atoms with Crippen molar-refractivity contribution in [2.45, 2.75) is 13.5 Å². The summed E-state index contributed by atoms with van der Waals surface area (Å²) in [6.45, 7) is 1.88. The van der Waals surface area contributed by atoms with Crippen molar-refractivity contribution in [3.8, 4) is 22.9 Å². The molecule has 0 aliphatic rings. The standard InChI is InChI=1S/C20H19FN6O3/c1-13-9-10-26(22-13)14-7-8-19(16(21)11-14)30-12-15-17(5-4-6-18(15)29-3)27-20(28)25(2)23-24-27/h4-11H,12H2,1-3H3/p+1. The Kier molecular flexibility index (Phi) is 5.05. The molecule has 2 aromatic heterocycles. The first kappa shape index (κ1) is 19.4. The third-order valence-corrected chi connectivity index (χ3v) is 4.61. The molecule has 0 unspecified atom stereocenters. The van der Waals surface area contributed by atoms with Crippen LogP contribution in [0.25, 0.3) is 11.4 Å². The van der Waals surface area contributed by atoms with Crippen molar-refractivity contribution in [2.75, 3.05) is 7.11 Å². The minimum absolute atomic E-state index is 0.0343. The highest BCUT2D eigenvalue weighted by Crippen LogP contribution is 2.27. The number of nitrogens with zero attached hydrogens (tertiary/aromatic N) is 5. The van der Waals surface area contributed by atoms with Gasteiger partial charge in [0.05, 0.1) is 30.1 Å². The highest BCUT2D eigenvalue weighted by Gasteiger charge is 2.18. The van der Waals surface area contributed by atoms with Crippen molar-refractivity contribution in [3.63, 3.8) is 0 Å². The van der Waals surface area contributed by atoms with Crippen LogP contribution in [0.4, 0.5) is 4.39 Å². The maximum Gasteiger partial charge on any atom is 0.368 e. The van der Waals surface area contributed by atoms with E-state index in [-0.39, 0.29) is 12.4 Å². The zero-order valence-electron chi connectivity index (χ0n) is 16.7. The van der Waals surface area contributed by atoms with Crippen molar-refractivity contribution in [1.29, 1.82) is 0 Å². The number of rotatable bonds is 6. The number of H-pyrrole nitrogens is 1. The van der Waals surface area contributed by atoms with Gasteiger partial charge in [-0.25, -0.2) is 9.18 Å². The highest BCUT2D eigenvalue weighted by molar-refractivity contribution is 5.49. The van der Waals surface area contributed by atoms with Gasteiger partial charge in [-0.15, -0.1) is 0 Å². The second-order valence-electron chi connectivity index (χ2n) is 6.64. The highest BCUT2D eigenvalue weighted by atomic mass is 19.1. The van der Waals surface area contributed by atoms with Crippen LogP contribution < -0.4 is 19.8 Å². The molecule has 0 fully saturated rings. The summed E-state index contributed by atoms with van der Waals surface area (Å²) >= 11 is 0. The quantitative estimate of drug-likeness (QED) is 0.487. The van der Waals surface area contributed by atoms with Crippen molar-refractivity contribution in [2.24, 2.45) is 7.05 Å². The van der Waals surface area contributed by atoms with E-state index in [2.05, 4.69) is 15.5 Å². The summed E-state index contributed by atoms with van der Waals surface area (Å²) in [5.41, 5.74) is 2.16. The van der Waals surface area contributed by atoms with Crippen LogP contribution >= 0.6 is 0 Å². The molecule has 1 N–H and O–H groups in total. The fraction of sp³-hybridized carbons (Fsp3) is 0.200. The summed E-state index contributed by atoms with van der Waals surface area (Å²) in [4.78, 5) is 12.3. The average molecular weight is 411 g/mol. The summed E-state index contributed by atoms with van der Waals surface area (Å²) in [7, 11) is 3.01. The Balaban J connectivity index is 1.64. The fourth-order valence-corrected chi connectivity index (χ4v) is 3.06. The van der Waals surface area contributed by atoms with E-state index >= 15 is 0 Å². The van der Waals surface area contributed by atoms with Crippen LogP contribution in [0.2, 0.25) is 0 Å². The second-order valence-corrected chi connectivity index (χ2v) is 6.64. The van der Waals surface area contributed by atoms with Gasteiger partial charge in [0.2, 0.25) is 11.9 Å². The molecule has 0 saturated heterocycles. The topological polar surface area (TPSA) is 90.8 Å². The SMILES string of the molecule is COc1cccc(-n2nnn(C)c2=O)c1COc1ccc(-[n+]2ccc(C)[nH]2)cc1F. The minimum atomic E-state index is -0.514. The molecular formula is C20H20FN6O3+. The summed E-state index contributed by atoms with van der Waals surface area (Å²) < 4.78 is 29.7. The number of benzene rings is 2. The van der Waals surface area contributed by atoms with E-state index in [1.165, 1.54) is 20.2 Å². The van der Waals surface area contributed by atoms with E-state index in [0.717, 1.165) is 15.1 Å². The number of ether oxygens (including phenoxy) is 2. The zero-order chi connectivity index (χ0) is 21.3. The molecule has 0 atom stereocenters. The number of halogens is 1. The van der Waals surface area contributed by atoms with E-state index in [1.54, 1.807) is 35.0 Å². The summed E-state index contributed by atoms with van der Waals surface area (Å²) in [6.07, 6.45) is 1.81. The number of aromatic amines is 1. The maximum atomic E-state index is 14.7. The van der Waals surface area contributed by atoms with E-state index in [0.29, 0.717) is 22.7 Å². The largest absolute Gasteiger partial charge is 0.496 e. The van der Waals surface area contributed by atoms with Gasteiger partial charge in [-0.1, -0.05) is 10.7 Å². The number of tetrazole rings is 1. The van der Waals surface area contributed by atoms with Crippen molar-refractivity contribution >= 4 is 0 Å². The molecule has 0 radical (unpaired) electrons. The van der Waals surface area contributed by atoms with Crippen molar-refractivity contribution < 1.29 is 18.5 Å². The lowest BCUT2D eigenvalue weighted by Gasteiger charge is -2.14.